The van der Waals surface area contributed by atoms with Gasteiger partial charge in [0.05, 0.1) is 5.56 Å². The van der Waals surface area contributed by atoms with Crippen molar-refractivity contribution in [1.82, 2.24) is 4.90 Å². The number of nitrogens with zero attached hydrogens (tertiary/aromatic N) is 2. The van der Waals surface area contributed by atoms with Gasteiger partial charge < -0.3 is 14.5 Å². The van der Waals surface area contributed by atoms with Crippen molar-refractivity contribution in [3.05, 3.63) is 65.7 Å². The Morgan fingerprint density at radius 2 is 1.70 bits per heavy atom. The van der Waals surface area contributed by atoms with Crippen LogP contribution in [0.5, 0.6) is 5.75 Å². The number of para-hydroxylation sites is 1. The van der Waals surface area contributed by atoms with Crippen LogP contribution in [0.25, 0.3) is 0 Å². The molecule has 0 bridgehead atoms. The second kappa shape index (κ2) is 7.98. The van der Waals surface area contributed by atoms with E-state index >= 15 is 0 Å². The first-order valence-corrected chi connectivity index (χ1v) is 7.22. The lowest BCUT2D eigenvalue weighted by Gasteiger charge is -2.15. The molecular weight excluding hydrogens is 292 g/mol. The normalized spacial score (nSPS) is 11.0. The van der Waals surface area contributed by atoms with E-state index in [-0.39, 0.29) is 11.6 Å². The molecule has 0 heterocycles. The Morgan fingerprint density at radius 3 is 2.35 bits per heavy atom. The lowest BCUT2D eigenvalue weighted by molar-refractivity contribution is -0.121. The maximum Gasteiger partial charge on any atom is 0.276 e. The van der Waals surface area contributed by atoms with E-state index in [1.165, 1.54) is 12.0 Å². The monoisotopic (exact) mass is 312 g/mol. The predicted octanol–water partition coefficient (Wildman–Crippen LogP) is 2.70. The summed E-state index contributed by atoms with van der Waals surface area (Å²) in [4.78, 5) is 18.6. The van der Waals surface area contributed by atoms with Gasteiger partial charge in [-0.05, 0) is 17.7 Å². The molecule has 0 N–H and O–H groups in total. The summed E-state index contributed by atoms with van der Waals surface area (Å²) in [5.41, 5.74) is 1.86. The predicted molar refractivity (Wildman–Crippen MR) is 89.5 cm³/mol. The number of ether oxygens (including phenoxy) is 1. The van der Waals surface area contributed by atoms with E-state index in [9.17, 15) is 4.79 Å². The summed E-state index contributed by atoms with van der Waals surface area (Å²) in [5, 5.41) is 3.88. The van der Waals surface area contributed by atoms with Gasteiger partial charge >= 0.3 is 0 Å². The van der Waals surface area contributed by atoms with Gasteiger partial charge in [0.1, 0.15) is 19.5 Å². The molecule has 23 heavy (non-hydrogen) atoms. The van der Waals surface area contributed by atoms with Crippen molar-refractivity contribution in [1.29, 1.82) is 0 Å². The van der Waals surface area contributed by atoms with Crippen molar-refractivity contribution in [3.8, 4) is 5.75 Å². The van der Waals surface area contributed by atoms with Gasteiger partial charge in [0.2, 0.25) is 0 Å². The molecule has 0 aliphatic rings. The van der Waals surface area contributed by atoms with Crippen LogP contribution in [0.3, 0.4) is 0 Å². The Kier molecular flexibility index (Phi) is 5.74. The van der Waals surface area contributed by atoms with Crippen LogP contribution < -0.4 is 4.74 Å². The van der Waals surface area contributed by atoms with Crippen LogP contribution in [0, 0.1) is 0 Å². The molecule has 5 nitrogen and oxygen atoms in total. The number of carbonyl (C=O) groups excluding carboxylic acids is 1. The molecule has 2 rings (SSSR count). The molecule has 2 aromatic rings. The Labute approximate surface area is 136 Å². The Balaban J connectivity index is 2.28. The molecule has 2 aromatic carbocycles. The maximum atomic E-state index is 12.3. The molecule has 0 radical (unpaired) electrons. The van der Waals surface area contributed by atoms with Crippen molar-refractivity contribution in [2.45, 2.75) is 6.61 Å². The van der Waals surface area contributed by atoms with E-state index in [1.54, 1.807) is 20.2 Å². The summed E-state index contributed by atoms with van der Waals surface area (Å²) >= 11 is 0. The smallest absolute Gasteiger partial charge is 0.276 e. The van der Waals surface area contributed by atoms with Crippen LogP contribution in [-0.2, 0) is 16.2 Å². The van der Waals surface area contributed by atoms with Gasteiger partial charge in [0.15, 0.2) is 5.71 Å². The molecule has 0 fully saturated rings. The number of rotatable bonds is 6. The van der Waals surface area contributed by atoms with E-state index in [0.717, 1.165) is 5.56 Å². The minimum Gasteiger partial charge on any atom is -0.488 e. The third-order valence-electron chi connectivity index (χ3n) is 3.17. The van der Waals surface area contributed by atoms with Crippen molar-refractivity contribution < 1.29 is 14.4 Å². The van der Waals surface area contributed by atoms with Gasteiger partial charge in [-0.25, -0.2) is 0 Å². The molecule has 0 atom stereocenters. The van der Waals surface area contributed by atoms with Gasteiger partial charge in [0.25, 0.3) is 5.91 Å². The summed E-state index contributed by atoms with van der Waals surface area (Å²) in [6.45, 7) is 0.411. The highest BCUT2D eigenvalue weighted by Gasteiger charge is 2.20. The highest BCUT2D eigenvalue weighted by molar-refractivity contribution is 6.45. The fourth-order valence-electron chi connectivity index (χ4n) is 2.03. The third kappa shape index (κ3) is 4.32. The van der Waals surface area contributed by atoms with Crippen molar-refractivity contribution >= 4 is 11.6 Å². The average Bonchev–Trinajstić information content (AvgIpc) is 2.58. The Morgan fingerprint density at radius 1 is 1.04 bits per heavy atom. The summed E-state index contributed by atoms with van der Waals surface area (Å²) < 4.78 is 5.87. The molecule has 0 spiro atoms. The summed E-state index contributed by atoms with van der Waals surface area (Å²) in [6.07, 6.45) is 0. The van der Waals surface area contributed by atoms with Gasteiger partial charge in [-0.15, -0.1) is 0 Å². The molecule has 120 valence electrons. The molecule has 0 saturated carbocycles. The first-order chi connectivity index (χ1) is 11.1. The third-order valence-corrected chi connectivity index (χ3v) is 3.17. The first kappa shape index (κ1) is 16.5. The Hall–Kier alpha value is -2.82. The number of benzene rings is 2. The van der Waals surface area contributed by atoms with Crippen LogP contribution in [0.1, 0.15) is 11.1 Å². The van der Waals surface area contributed by atoms with Gasteiger partial charge in [0, 0.05) is 14.1 Å². The zero-order chi connectivity index (χ0) is 16.7. The highest BCUT2D eigenvalue weighted by Crippen LogP contribution is 2.21. The number of likely N-dealkylation sites (N-methyl/N-ethyl adjacent to an activating group) is 1. The summed E-state index contributed by atoms with van der Waals surface area (Å²) in [6, 6.07) is 17.1. The van der Waals surface area contributed by atoms with Crippen molar-refractivity contribution in [3.63, 3.8) is 0 Å². The van der Waals surface area contributed by atoms with Gasteiger partial charge in [-0.3, -0.25) is 4.79 Å². The highest BCUT2D eigenvalue weighted by atomic mass is 16.6. The maximum absolute atomic E-state index is 12.3. The molecule has 0 aliphatic heterocycles. The van der Waals surface area contributed by atoms with Crippen molar-refractivity contribution in [2.24, 2.45) is 5.16 Å². The molecule has 0 aromatic heterocycles. The summed E-state index contributed by atoms with van der Waals surface area (Å²) in [5.74, 6) is 0.338. The lowest BCUT2D eigenvalue weighted by Crippen LogP contribution is -2.31. The molecule has 5 heteroatoms. The van der Waals surface area contributed by atoms with Crippen LogP contribution in [0.2, 0.25) is 0 Å². The minimum absolute atomic E-state index is 0.209. The number of carbonyl (C=O) groups is 1. The zero-order valence-electron chi connectivity index (χ0n) is 13.5. The number of amides is 1. The fourth-order valence-corrected chi connectivity index (χ4v) is 2.03. The topological polar surface area (TPSA) is 51.1 Å². The van der Waals surface area contributed by atoms with Gasteiger partial charge in [-0.2, -0.15) is 0 Å². The second-order valence-electron chi connectivity index (χ2n) is 5.09. The fraction of sp³-hybridized carbons (Fsp3) is 0.222. The average molecular weight is 312 g/mol. The lowest BCUT2D eigenvalue weighted by atomic mass is 10.1. The standard InChI is InChI=1S/C18H20N2O3/c1-20(2)18(21)17(19-22-3)15-11-7-8-12-16(15)23-13-14-9-5-4-6-10-14/h4-12H,13H2,1-3H3/b19-17+. The summed E-state index contributed by atoms with van der Waals surface area (Å²) in [7, 11) is 4.75. The molecule has 0 aliphatic carbocycles. The molecule has 0 unspecified atom stereocenters. The van der Waals surface area contributed by atoms with Crippen molar-refractivity contribution in [2.75, 3.05) is 21.2 Å². The van der Waals surface area contributed by atoms with Crippen LogP contribution >= 0.6 is 0 Å². The van der Waals surface area contributed by atoms with E-state index in [2.05, 4.69) is 5.16 Å². The first-order valence-electron chi connectivity index (χ1n) is 7.22. The van der Waals surface area contributed by atoms with Gasteiger partial charge in [-0.1, -0.05) is 47.6 Å². The van der Waals surface area contributed by atoms with E-state index in [4.69, 9.17) is 9.57 Å². The molecular formula is C18H20N2O3. The van der Waals surface area contributed by atoms with E-state index < -0.39 is 0 Å². The largest absolute Gasteiger partial charge is 0.488 e. The SMILES string of the molecule is CO/N=C(/C(=O)N(C)C)c1ccccc1OCc1ccccc1. The number of oxime groups is 1. The Bertz CT molecular complexity index is 682. The second-order valence-corrected chi connectivity index (χ2v) is 5.09. The van der Waals surface area contributed by atoms with Crippen LogP contribution in [0.4, 0.5) is 0 Å². The van der Waals surface area contributed by atoms with Crippen LogP contribution in [-0.4, -0.2) is 37.7 Å². The number of hydrogen-bond acceptors (Lipinski definition) is 4. The molecule has 1 amide bonds. The number of hydrogen-bond donors (Lipinski definition) is 0. The van der Waals surface area contributed by atoms with E-state index in [0.29, 0.717) is 17.9 Å². The van der Waals surface area contributed by atoms with Crippen LogP contribution in [0.15, 0.2) is 59.8 Å². The minimum atomic E-state index is -0.248. The quantitative estimate of drug-likeness (QED) is 0.609. The molecule has 0 saturated heterocycles. The van der Waals surface area contributed by atoms with E-state index in [1.807, 2.05) is 48.5 Å². The zero-order valence-corrected chi connectivity index (χ0v) is 13.5.